The lowest BCUT2D eigenvalue weighted by molar-refractivity contribution is 0.104. The summed E-state index contributed by atoms with van der Waals surface area (Å²) >= 11 is 0. The number of ether oxygens (including phenoxy) is 2. The molecule has 0 aliphatic carbocycles. The monoisotopic (exact) mass is 339 g/mol. The van der Waals surface area contributed by atoms with Crippen LogP contribution in [0.1, 0.15) is 22.8 Å². The maximum atomic E-state index is 12.5. The van der Waals surface area contributed by atoms with Crippen molar-refractivity contribution in [1.82, 2.24) is 0 Å². The van der Waals surface area contributed by atoms with Gasteiger partial charge >= 0.3 is 0 Å². The number of anilines is 1. The molecule has 0 fully saturated rings. The molecule has 130 valence electrons. The van der Waals surface area contributed by atoms with Crippen LogP contribution in [0.15, 0.2) is 53.3 Å². The van der Waals surface area contributed by atoms with E-state index in [1.165, 1.54) is 19.3 Å². The maximum Gasteiger partial charge on any atom is 0.212 e. The van der Waals surface area contributed by atoms with Crippen LogP contribution >= 0.6 is 0 Å². The summed E-state index contributed by atoms with van der Waals surface area (Å²) in [5.74, 6) is 0.732. The van der Waals surface area contributed by atoms with Gasteiger partial charge in [0.1, 0.15) is 0 Å². The van der Waals surface area contributed by atoms with Gasteiger partial charge in [0.15, 0.2) is 17.3 Å². The molecule has 0 aromatic heterocycles. The first kappa shape index (κ1) is 18.3. The highest BCUT2D eigenvalue weighted by molar-refractivity contribution is 6.07. The van der Waals surface area contributed by atoms with Crippen LogP contribution in [0.25, 0.3) is 6.08 Å². The van der Waals surface area contributed by atoms with E-state index in [4.69, 9.17) is 9.47 Å². The third-order valence-corrected chi connectivity index (χ3v) is 3.61. The van der Waals surface area contributed by atoms with E-state index in [0.29, 0.717) is 29.3 Å². The van der Waals surface area contributed by atoms with Gasteiger partial charge in [-0.2, -0.15) is 0 Å². The predicted molar refractivity (Wildman–Crippen MR) is 99.8 cm³/mol. The second kappa shape index (κ2) is 8.68. The molecular formula is C20H21NO4. The van der Waals surface area contributed by atoms with Gasteiger partial charge in [0, 0.05) is 12.1 Å². The number of hydrogen-bond donors (Lipinski definition) is 1. The van der Waals surface area contributed by atoms with Crippen molar-refractivity contribution in [3.63, 3.8) is 0 Å². The Hall–Kier alpha value is -3.08. The van der Waals surface area contributed by atoms with Gasteiger partial charge in [-0.05, 0) is 37.3 Å². The van der Waals surface area contributed by atoms with Crippen molar-refractivity contribution >= 4 is 17.5 Å². The summed E-state index contributed by atoms with van der Waals surface area (Å²) < 4.78 is 10.6. The highest BCUT2D eigenvalue weighted by Gasteiger charge is 2.11. The molecule has 0 radical (unpaired) electrons. The number of benzene rings is 1. The summed E-state index contributed by atoms with van der Waals surface area (Å²) in [4.78, 5) is 25.0. The fraction of sp³-hybridized carbons (Fsp3) is 0.200. The second-order valence-electron chi connectivity index (χ2n) is 5.19. The van der Waals surface area contributed by atoms with E-state index >= 15 is 0 Å². The molecule has 0 spiro atoms. The molecule has 0 unspecified atom stereocenters. The van der Waals surface area contributed by atoms with E-state index in [-0.39, 0.29) is 16.8 Å². The minimum atomic E-state index is -0.370. The second-order valence-corrected chi connectivity index (χ2v) is 5.19. The van der Waals surface area contributed by atoms with Gasteiger partial charge in [-0.25, -0.2) is 0 Å². The molecule has 0 bridgehead atoms. The molecule has 2 aromatic rings. The van der Waals surface area contributed by atoms with Crippen molar-refractivity contribution in [1.29, 1.82) is 0 Å². The van der Waals surface area contributed by atoms with E-state index in [1.54, 1.807) is 49.6 Å². The Morgan fingerprint density at radius 2 is 1.84 bits per heavy atom. The Morgan fingerprint density at radius 1 is 1.08 bits per heavy atom. The standard InChI is InChI=1S/C20H21NO4/c1-4-21-16-10-6-5-9-15(19(16)23)17(22)13-12-14-8-7-11-18(24-2)20(14)25-3/h5-13H,4H2,1-3H3,(H,21,23)/b13-12-. The number of allylic oxidation sites excluding steroid dienone is 1. The lowest BCUT2D eigenvalue weighted by Gasteiger charge is -2.09. The van der Waals surface area contributed by atoms with Crippen LogP contribution in [0.4, 0.5) is 5.69 Å². The molecule has 25 heavy (non-hydrogen) atoms. The number of hydrogen-bond acceptors (Lipinski definition) is 5. The molecule has 0 amide bonds. The zero-order valence-corrected chi connectivity index (χ0v) is 14.5. The van der Waals surface area contributed by atoms with Gasteiger partial charge in [0.25, 0.3) is 0 Å². The summed E-state index contributed by atoms with van der Waals surface area (Å²) in [6.45, 7) is 2.49. The molecule has 2 aromatic carbocycles. The number of ketones is 1. The van der Waals surface area contributed by atoms with Gasteiger partial charge in [-0.3, -0.25) is 9.59 Å². The molecule has 2 rings (SSSR count). The van der Waals surface area contributed by atoms with E-state index in [9.17, 15) is 9.59 Å². The van der Waals surface area contributed by atoms with E-state index in [1.807, 2.05) is 6.92 Å². The SMILES string of the molecule is CCNc1ccccc(C(=O)/C=C\c2cccc(OC)c2OC)c1=O. The van der Waals surface area contributed by atoms with Crippen LogP contribution in [0, 0.1) is 0 Å². The molecule has 5 nitrogen and oxygen atoms in total. The number of carbonyl (C=O) groups is 1. The third kappa shape index (κ3) is 4.26. The minimum Gasteiger partial charge on any atom is -0.493 e. The van der Waals surface area contributed by atoms with Crippen molar-refractivity contribution in [2.45, 2.75) is 6.92 Å². The first-order valence-electron chi connectivity index (χ1n) is 7.93. The molecule has 5 heteroatoms. The Bertz CT molecular complexity index is 843. The van der Waals surface area contributed by atoms with Crippen molar-refractivity contribution < 1.29 is 14.3 Å². The zero-order valence-electron chi connectivity index (χ0n) is 14.5. The first-order valence-corrected chi connectivity index (χ1v) is 7.93. The normalized spacial score (nSPS) is 10.5. The van der Waals surface area contributed by atoms with Crippen molar-refractivity contribution in [2.75, 3.05) is 26.1 Å². The summed E-state index contributed by atoms with van der Waals surface area (Å²) in [5.41, 5.74) is 0.885. The van der Waals surface area contributed by atoms with Crippen LogP contribution in [-0.4, -0.2) is 26.5 Å². The third-order valence-electron chi connectivity index (χ3n) is 3.61. The fourth-order valence-electron chi connectivity index (χ4n) is 2.42. The Morgan fingerprint density at radius 3 is 2.52 bits per heavy atom. The van der Waals surface area contributed by atoms with E-state index in [0.717, 1.165) is 0 Å². The van der Waals surface area contributed by atoms with Gasteiger partial charge in [0.05, 0.1) is 25.5 Å². The van der Waals surface area contributed by atoms with Crippen molar-refractivity contribution in [3.05, 3.63) is 69.9 Å². The number of methoxy groups -OCH3 is 2. The van der Waals surface area contributed by atoms with Crippen molar-refractivity contribution in [2.24, 2.45) is 0 Å². The molecular weight excluding hydrogens is 318 g/mol. The Balaban J connectivity index is 2.38. The maximum absolute atomic E-state index is 12.5. The average Bonchev–Trinajstić information content (AvgIpc) is 2.81. The van der Waals surface area contributed by atoms with E-state index < -0.39 is 0 Å². The summed E-state index contributed by atoms with van der Waals surface area (Å²) in [6.07, 6.45) is 2.98. The number of para-hydroxylation sites is 1. The van der Waals surface area contributed by atoms with Gasteiger partial charge in [-0.15, -0.1) is 0 Å². The summed E-state index contributed by atoms with van der Waals surface area (Å²) in [7, 11) is 3.08. The van der Waals surface area contributed by atoms with Crippen LogP contribution in [-0.2, 0) is 0 Å². The van der Waals surface area contributed by atoms with Gasteiger partial charge in [0.2, 0.25) is 5.43 Å². The first-order chi connectivity index (χ1) is 12.1. The molecule has 0 saturated heterocycles. The van der Waals surface area contributed by atoms with Crippen molar-refractivity contribution in [3.8, 4) is 11.5 Å². The molecule has 0 aliphatic rings. The number of nitrogens with one attached hydrogen (secondary N) is 1. The highest BCUT2D eigenvalue weighted by atomic mass is 16.5. The number of carbonyl (C=O) groups excluding carboxylic acids is 1. The predicted octanol–water partition coefficient (Wildman–Crippen LogP) is 3.39. The average molecular weight is 339 g/mol. The lowest BCUT2D eigenvalue weighted by atomic mass is 10.1. The summed E-state index contributed by atoms with van der Waals surface area (Å²) in [6, 6.07) is 12.0. The van der Waals surface area contributed by atoms with Gasteiger partial charge in [-0.1, -0.05) is 24.3 Å². The molecule has 1 N–H and O–H groups in total. The fourth-order valence-corrected chi connectivity index (χ4v) is 2.42. The summed E-state index contributed by atoms with van der Waals surface area (Å²) in [5, 5.41) is 2.97. The Kier molecular flexibility index (Phi) is 6.34. The van der Waals surface area contributed by atoms with E-state index in [2.05, 4.69) is 5.32 Å². The van der Waals surface area contributed by atoms with Crippen LogP contribution in [0.3, 0.4) is 0 Å². The van der Waals surface area contributed by atoms with Crippen LogP contribution in [0.5, 0.6) is 11.5 Å². The largest absolute Gasteiger partial charge is 0.493 e. The zero-order chi connectivity index (χ0) is 18.2. The molecule has 0 heterocycles. The molecule has 0 atom stereocenters. The topological polar surface area (TPSA) is 64.6 Å². The van der Waals surface area contributed by atoms with Gasteiger partial charge < -0.3 is 14.8 Å². The number of rotatable bonds is 7. The van der Waals surface area contributed by atoms with Crippen LogP contribution in [0.2, 0.25) is 0 Å². The smallest absolute Gasteiger partial charge is 0.212 e. The highest BCUT2D eigenvalue weighted by Crippen LogP contribution is 2.31. The minimum absolute atomic E-state index is 0.110. The Labute approximate surface area is 146 Å². The quantitative estimate of drug-likeness (QED) is 0.619. The molecule has 0 saturated carbocycles. The van der Waals surface area contributed by atoms with Crippen LogP contribution < -0.4 is 20.2 Å². The lowest BCUT2D eigenvalue weighted by Crippen LogP contribution is -2.15. The molecule has 0 aliphatic heterocycles.